The van der Waals surface area contributed by atoms with Crippen LogP contribution in [0, 0.1) is 5.41 Å². The molecule has 0 spiro atoms. The minimum atomic E-state index is 0.103. The van der Waals surface area contributed by atoms with E-state index in [1.165, 1.54) is 0 Å². The largest absolute Gasteiger partial charge is 0.396 e. The van der Waals surface area contributed by atoms with Crippen molar-refractivity contribution in [2.75, 3.05) is 23.8 Å². The van der Waals surface area contributed by atoms with E-state index < -0.39 is 0 Å². The number of nitrogens with two attached hydrogens (primary N) is 1. The summed E-state index contributed by atoms with van der Waals surface area (Å²) in [6, 6.07) is 6.32. The van der Waals surface area contributed by atoms with Gasteiger partial charge in [0.05, 0.1) is 5.56 Å². The molecule has 0 unspecified atom stereocenters. The summed E-state index contributed by atoms with van der Waals surface area (Å²) in [6.07, 6.45) is 0.709. The van der Waals surface area contributed by atoms with Gasteiger partial charge < -0.3 is 15.7 Å². The molecule has 112 valence electrons. The number of aliphatic hydroxyl groups is 1. The highest BCUT2D eigenvalue weighted by Gasteiger charge is 2.18. The fourth-order valence-corrected chi connectivity index (χ4v) is 3.05. The molecule has 0 aromatic heterocycles. The maximum Gasteiger partial charge on any atom is 0.126 e. The zero-order valence-corrected chi connectivity index (χ0v) is 13.3. The number of nitrogens with one attached hydrogen (secondary N) is 1. The van der Waals surface area contributed by atoms with E-state index in [1.54, 1.807) is 11.8 Å². The average molecular weight is 295 g/mol. The second kappa shape index (κ2) is 8.17. The highest BCUT2D eigenvalue weighted by Crippen LogP contribution is 2.31. The van der Waals surface area contributed by atoms with Crippen molar-refractivity contribution in [2.24, 2.45) is 5.73 Å². The van der Waals surface area contributed by atoms with Crippen molar-refractivity contribution in [1.82, 2.24) is 0 Å². The third-order valence-electron chi connectivity index (χ3n) is 3.06. The van der Waals surface area contributed by atoms with Crippen molar-refractivity contribution in [2.45, 2.75) is 38.1 Å². The first-order valence-electron chi connectivity index (χ1n) is 7.00. The Morgan fingerprint density at radius 3 is 2.65 bits per heavy atom. The van der Waals surface area contributed by atoms with Crippen molar-refractivity contribution in [3.8, 4) is 0 Å². The van der Waals surface area contributed by atoms with Crippen molar-refractivity contribution in [3.05, 3.63) is 23.8 Å². The van der Waals surface area contributed by atoms with Gasteiger partial charge in [0, 0.05) is 29.8 Å². The molecule has 0 radical (unpaired) electrons. The predicted molar refractivity (Wildman–Crippen MR) is 88.0 cm³/mol. The van der Waals surface area contributed by atoms with E-state index in [4.69, 9.17) is 16.2 Å². The lowest BCUT2D eigenvalue weighted by Gasteiger charge is -2.31. The molecular weight excluding hydrogens is 270 g/mol. The SMILES string of the molecule is CCSc1cccc(N(CCCO)C(C)C)c1C(=N)N. The first kappa shape index (κ1) is 16.9. The second-order valence-electron chi connectivity index (χ2n) is 4.86. The lowest BCUT2D eigenvalue weighted by Crippen LogP contribution is -2.34. The number of aliphatic hydroxyl groups excluding tert-OH is 1. The lowest BCUT2D eigenvalue weighted by molar-refractivity contribution is 0.288. The van der Waals surface area contributed by atoms with E-state index in [1.807, 2.05) is 18.2 Å². The number of nitrogens with zero attached hydrogens (tertiary/aromatic N) is 1. The van der Waals surface area contributed by atoms with Crippen LogP contribution in [0.25, 0.3) is 0 Å². The number of hydrogen-bond donors (Lipinski definition) is 3. The fourth-order valence-electron chi connectivity index (χ4n) is 2.20. The molecule has 0 saturated heterocycles. The second-order valence-corrected chi connectivity index (χ2v) is 6.17. The molecule has 4 nitrogen and oxygen atoms in total. The summed E-state index contributed by atoms with van der Waals surface area (Å²) in [5.74, 6) is 1.05. The molecule has 1 aromatic rings. The molecule has 0 atom stereocenters. The number of benzene rings is 1. The first-order chi connectivity index (χ1) is 9.52. The molecule has 0 aliphatic carbocycles. The van der Waals surface area contributed by atoms with Gasteiger partial charge in [-0.25, -0.2) is 0 Å². The van der Waals surface area contributed by atoms with E-state index in [0.29, 0.717) is 12.5 Å². The Balaban J connectivity index is 3.25. The van der Waals surface area contributed by atoms with Gasteiger partial charge in [-0.2, -0.15) is 0 Å². The van der Waals surface area contributed by atoms with Crippen LogP contribution in [0.5, 0.6) is 0 Å². The zero-order chi connectivity index (χ0) is 15.1. The van der Waals surface area contributed by atoms with Crippen molar-refractivity contribution < 1.29 is 5.11 Å². The zero-order valence-electron chi connectivity index (χ0n) is 12.5. The average Bonchev–Trinajstić information content (AvgIpc) is 2.39. The normalized spacial score (nSPS) is 10.8. The van der Waals surface area contributed by atoms with Crippen LogP contribution in [0.1, 0.15) is 32.8 Å². The Morgan fingerprint density at radius 2 is 2.15 bits per heavy atom. The highest BCUT2D eigenvalue weighted by atomic mass is 32.2. The van der Waals surface area contributed by atoms with Crippen molar-refractivity contribution in [3.63, 3.8) is 0 Å². The maximum atomic E-state index is 9.06. The minimum absolute atomic E-state index is 0.103. The van der Waals surface area contributed by atoms with Crippen LogP contribution in [0.4, 0.5) is 5.69 Å². The van der Waals surface area contributed by atoms with Gasteiger partial charge in [0.2, 0.25) is 0 Å². The number of hydrogen-bond acceptors (Lipinski definition) is 4. The molecule has 0 saturated carbocycles. The maximum absolute atomic E-state index is 9.06. The van der Waals surface area contributed by atoms with Crippen LogP contribution in [-0.2, 0) is 0 Å². The molecule has 0 bridgehead atoms. The number of amidine groups is 1. The smallest absolute Gasteiger partial charge is 0.126 e. The van der Waals surface area contributed by atoms with Crippen molar-refractivity contribution in [1.29, 1.82) is 5.41 Å². The Kier molecular flexibility index (Phi) is 6.88. The summed E-state index contributed by atoms with van der Waals surface area (Å²) in [7, 11) is 0. The Bertz CT molecular complexity index is 449. The van der Waals surface area contributed by atoms with Gasteiger partial charge >= 0.3 is 0 Å². The topological polar surface area (TPSA) is 73.3 Å². The third-order valence-corrected chi connectivity index (χ3v) is 4.00. The van der Waals surface area contributed by atoms with Gasteiger partial charge in [-0.05, 0) is 38.2 Å². The number of nitrogen functional groups attached to an aromatic ring is 1. The van der Waals surface area contributed by atoms with Crippen LogP contribution in [0.15, 0.2) is 23.1 Å². The molecule has 0 aliphatic rings. The molecule has 4 N–H and O–H groups in total. The third kappa shape index (κ3) is 4.15. The van der Waals surface area contributed by atoms with Gasteiger partial charge in [0.1, 0.15) is 5.84 Å². The van der Waals surface area contributed by atoms with E-state index in [2.05, 4.69) is 25.7 Å². The molecule has 0 amide bonds. The van der Waals surface area contributed by atoms with E-state index in [-0.39, 0.29) is 12.4 Å². The highest BCUT2D eigenvalue weighted by molar-refractivity contribution is 7.99. The van der Waals surface area contributed by atoms with Crippen molar-refractivity contribution >= 4 is 23.3 Å². The summed E-state index contributed by atoms with van der Waals surface area (Å²) < 4.78 is 0. The molecule has 0 aliphatic heterocycles. The van der Waals surface area contributed by atoms with Crippen LogP contribution in [0.3, 0.4) is 0 Å². The first-order valence-corrected chi connectivity index (χ1v) is 7.99. The Morgan fingerprint density at radius 1 is 1.45 bits per heavy atom. The molecular formula is C15H25N3OS. The molecule has 1 rings (SSSR count). The van der Waals surface area contributed by atoms with Gasteiger partial charge in [0.25, 0.3) is 0 Å². The minimum Gasteiger partial charge on any atom is -0.396 e. The molecule has 20 heavy (non-hydrogen) atoms. The Hall–Kier alpha value is -1.20. The number of thioether (sulfide) groups is 1. The van der Waals surface area contributed by atoms with E-state index in [9.17, 15) is 0 Å². The van der Waals surface area contributed by atoms with Gasteiger partial charge in [-0.3, -0.25) is 5.41 Å². The molecule has 0 fully saturated rings. The van der Waals surface area contributed by atoms with E-state index in [0.717, 1.165) is 28.4 Å². The molecule has 5 heteroatoms. The van der Waals surface area contributed by atoms with Crippen LogP contribution in [-0.4, -0.2) is 35.9 Å². The van der Waals surface area contributed by atoms with Crippen LogP contribution < -0.4 is 10.6 Å². The van der Waals surface area contributed by atoms with Gasteiger partial charge in [-0.15, -0.1) is 11.8 Å². The summed E-state index contributed by atoms with van der Waals surface area (Å²) in [4.78, 5) is 3.25. The molecule has 1 aromatic carbocycles. The van der Waals surface area contributed by atoms with Crippen LogP contribution >= 0.6 is 11.8 Å². The fraction of sp³-hybridized carbons (Fsp3) is 0.533. The monoisotopic (exact) mass is 295 g/mol. The summed E-state index contributed by atoms with van der Waals surface area (Å²) in [5, 5.41) is 17.0. The Labute approximate surface area is 125 Å². The van der Waals surface area contributed by atoms with Gasteiger partial charge in [0.15, 0.2) is 0 Å². The standard InChI is InChI=1S/C15H25N3OS/c1-4-20-13-8-5-7-12(14(13)15(16)17)18(11(2)3)9-6-10-19/h5,7-8,11,19H,4,6,9-10H2,1-3H3,(H3,16,17). The van der Waals surface area contributed by atoms with E-state index >= 15 is 0 Å². The summed E-state index contributed by atoms with van der Waals surface area (Å²) in [5.41, 5.74) is 7.60. The van der Waals surface area contributed by atoms with Gasteiger partial charge in [-0.1, -0.05) is 13.0 Å². The number of anilines is 1. The lowest BCUT2D eigenvalue weighted by atomic mass is 10.1. The quantitative estimate of drug-likeness (QED) is 0.392. The summed E-state index contributed by atoms with van der Waals surface area (Å²) in [6.45, 7) is 7.24. The molecule has 0 heterocycles. The van der Waals surface area contributed by atoms with Crippen LogP contribution in [0.2, 0.25) is 0 Å². The summed E-state index contributed by atoms with van der Waals surface area (Å²) >= 11 is 1.70. The number of rotatable bonds is 8. The predicted octanol–water partition coefficient (Wildman–Crippen LogP) is 2.68.